The molecule has 0 N–H and O–H groups in total. The van der Waals surface area contributed by atoms with Gasteiger partial charge in [-0.25, -0.2) is 4.98 Å². The summed E-state index contributed by atoms with van der Waals surface area (Å²) in [6.07, 6.45) is 0.830. The normalized spacial score (nSPS) is 9.80. The van der Waals surface area contributed by atoms with E-state index in [0.717, 1.165) is 17.0 Å². The highest BCUT2D eigenvalue weighted by Gasteiger charge is 2.04. The number of hydrogen-bond acceptors (Lipinski definition) is 4. The van der Waals surface area contributed by atoms with E-state index in [1.165, 1.54) is 11.3 Å². The van der Waals surface area contributed by atoms with Crippen LogP contribution >= 0.6 is 24.0 Å². The number of aryl methyl sites for hydroxylation is 1. The molecule has 0 saturated carbocycles. The Morgan fingerprint density at radius 2 is 2.50 bits per heavy atom. The van der Waals surface area contributed by atoms with Gasteiger partial charge in [-0.3, -0.25) is 4.79 Å². The number of thiazole rings is 1. The van der Waals surface area contributed by atoms with Gasteiger partial charge in [-0.2, -0.15) is 12.6 Å². The van der Waals surface area contributed by atoms with E-state index in [-0.39, 0.29) is 0 Å². The quantitative estimate of drug-likeness (QED) is 0.545. The van der Waals surface area contributed by atoms with Crippen LogP contribution in [-0.4, -0.2) is 11.3 Å². The molecule has 1 rings (SSSR count). The first-order valence-electron chi connectivity index (χ1n) is 2.80. The lowest BCUT2D eigenvalue weighted by Crippen LogP contribution is -1.83. The van der Waals surface area contributed by atoms with Gasteiger partial charge in [-0.1, -0.05) is 0 Å². The molecule has 0 aliphatic heterocycles. The van der Waals surface area contributed by atoms with E-state index in [1.807, 2.05) is 6.92 Å². The van der Waals surface area contributed by atoms with Crippen molar-refractivity contribution in [2.45, 2.75) is 12.7 Å². The van der Waals surface area contributed by atoms with E-state index >= 15 is 0 Å². The standard InChI is InChI=1S/C6H7NOS2/c1-4-7-5(3-9)6(2-8)10-4/h2,9H,3H2,1H3. The van der Waals surface area contributed by atoms with Gasteiger partial charge in [-0.15, -0.1) is 11.3 Å². The lowest BCUT2D eigenvalue weighted by atomic mass is 10.4. The van der Waals surface area contributed by atoms with Gasteiger partial charge >= 0.3 is 0 Å². The molecular weight excluding hydrogens is 166 g/mol. The molecule has 10 heavy (non-hydrogen) atoms. The Bertz CT molecular complexity index is 244. The van der Waals surface area contributed by atoms with Crippen LogP contribution in [0.15, 0.2) is 0 Å². The van der Waals surface area contributed by atoms with Gasteiger partial charge in [0.15, 0.2) is 6.29 Å². The maximum absolute atomic E-state index is 10.3. The lowest BCUT2D eigenvalue weighted by Gasteiger charge is -1.84. The molecule has 0 aromatic carbocycles. The van der Waals surface area contributed by atoms with Gasteiger partial charge in [0.2, 0.25) is 0 Å². The molecule has 54 valence electrons. The average Bonchev–Trinajstić information content (AvgIpc) is 2.30. The molecule has 1 aromatic rings. The smallest absolute Gasteiger partial charge is 0.161 e. The first-order valence-corrected chi connectivity index (χ1v) is 4.25. The Morgan fingerprint density at radius 3 is 2.90 bits per heavy atom. The third-order valence-corrected chi connectivity index (χ3v) is 2.33. The van der Waals surface area contributed by atoms with E-state index in [0.29, 0.717) is 10.6 Å². The van der Waals surface area contributed by atoms with Crippen molar-refractivity contribution < 1.29 is 4.79 Å². The van der Waals surface area contributed by atoms with Gasteiger partial charge < -0.3 is 0 Å². The highest BCUT2D eigenvalue weighted by molar-refractivity contribution is 7.79. The number of nitrogens with zero attached hydrogens (tertiary/aromatic N) is 1. The minimum Gasteiger partial charge on any atom is -0.297 e. The van der Waals surface area contributed by atoms with Crippen molar-refractivity contribution in [1.29, 1.82) is 0 Å². The lowest BCUT2D eigenvalue weighted by molar-refractivity contribution is 0.112. The zero-order valence-corrected chi connectivity index (χ0v) is 7.21. The second kappa shape index (κ2) is 3.16. The Hall–Kier alpha value is -0.350. The van der Waals surface area contributed by atoms with E-state index in [4.69, 9.17) is 0 Å². The van der Waals surface area contributed by atoms with Crippen LogP contribution in [-0.2, 0) is 5.75 Å². The topological polar surface area (TPSA) is 30.0 Å². The molecule has 0 unspecified atom stereocenters. The number of hydrogen-bond donors (Lipinski definition) is 1. The minimum absolute atomic E-state index is 0.540. The Kier molecular flexibility index (Phi) is 2.45. The zero-order chi connectivity index (χ0) is 7.56. The molecular formula is C6H7NOS2. The summed E-state index contributed by atoms with van der Waals surface area (Å²) >= 11 is 5.44. The Morgan fingerprint density at radius 1 is 1.80 bits per heavy atom. The highest BCUT2D eigenvalue weighted by atomic mass is 32.1. The molecule has 1 aromatic heterocycles. The molecule has 0 saturated heterocycles. The largest absolute Gasteiger partial charge is 0.297 e. The van der Waals surface area contributed by atoms with Crippen LogP contribution in [0.1, 0.15) is 20.4 Å². The second-order valence-corrected chi connectivity index (χ2v) is 3.37. The van der Waals surface area contributed by atoms with Crippen molar-refractivity contribution in [3.05, 3.63) is 15.6 Å². The van der Waals surface area contributed by atoms with Gasteiger partial charge in [0.1, 0.15) is 0 Å². The van der Waals surface area contributed by atoms with Crippen LogP contribution in [0.25, 0.3) is 0 Å². The monoisotopic (exact) mass is 173 g/mol. The minimum atomic E-state index is 0.540. The molecule has 2 nitrogen and oxygen atoms in total. The summed E-state index contributed by atoms with van der Waals surface area (Å²) < 4.78 is 0. The van der Waals surface area contributed by atoms with Crippen LogP contribution in [0.2, 0.25) is 0 Å². The summed E-state index contributed by atoms with van der Waals surface area (Å²) in [7, 11) is 0. The second-order valence-electron chi connectivity index (χ2n) is 1.82. The third-order valence-electron chi connectivity index (χ3n) is 1.09. The maximum atomic E-state index is 10.3. The van der Waals surface area contributed by atoms with E-state index in [9.17, 15) is 4.79 Å². The maximum Gasteiger partial charge on any atom is 0.161 e. The van der Waals surface area contributed by atoms with Crippen molar-refractivity contribution in [1.82, 2.24) is 4.98 Å². The molecule has 0 fully saturated rings. The van der Waals surface area contributed by atoms with Crippen LogP contribution in [0.5, 0.6) is 0 Å². The number of rotatable bonds is 2. The molecule has 0 bridgehead atoms. The van der Waals surface area contributed by atoms with Crippen molar-refractivity contribution in [2.24, 2.45) is 0 Å². The molecule has 0 aliphatic carbocycles. The zero-order valence-electron chi connectivity index (χ0n) is 5.50. The molecule has 4 heteroatoms. The van der Waals surface area contributed by atoms with Crippen LogP contribution in [0.3, 0.4) is 0 Å². The Labute approximate surface area is 68.7 Å². The fraction of sp³-hybridized carbons (Fsp3) is 0.333. The van der Waals surface area contributed by atoms with Crippen molar-refractivity contribution in [3.8, 4) is 0 Å². The predicted octanol–water partition coefficient (Wildman–Crippen LogP) is 1.69. The number of aldehydes is 1. The molecule has 1 heterocycles. The van der Waals surface area contributed by atoms with Crippen molar-refractivity contribution in [2.75, 3.05) is 0 Å². The predicted molar refractivity (Wildman–Crippen MR) is 44.9 cm³/mol. The third kappa shape index (κ3) is 1.38. The first-order chi connectivity index (χ1) is 4.77. The fourth-order valence-electron chi connectivity index (χ4n) is 0.691. The summed E-state index contributed by atoms with van der Waals surface area (Å²) in [4.78, 5) is 15.1. The van der Waals surface area contributed by atoms with Crippen LogP contribution in [0.4, 0.5) is 0 Å². The summed E-state index contributed by atoms with van der Waals surface area (Å²) in [6, 6.07) is 0. The highest BCUT2D eigenvalue weighted by Crippen LogP contribution is 2.16. The van der Waals surface area contributed by atoms with Gasteiger partial charge in [0.25, 0.3) is 0 Å². The Balaban J connectivity index is 3.08. The summed E-state index contributed by atoms with van der Waals surface area (Å²) in [6.45, 7) is 1.88. The van der Waals surface area contributed by atoms with Crippen molar-refractivity contribution >= 4 is 30.3 Å². The van der Waals surface area contributed by atoms with Crippen LogP contribution < -0.4 is 0 Å². The molecule has 0 spiro atoms. The first kappa shape index (κ1) is 7.75. The van der Waals surface area contributed by atoms with Crippen LogP contribution in [0, 0.1) is 6.92 Å². The molecule has 0 amide bonds. The molecule has 0 atom stereocenters. The SMILES string of the molecule is Cc1nc(CS)c(C=O)s1. The number of aromatic nitrogens is 1. The number of carbonyl (C=O) groups excluding carboxylic acids is 1. The van der Waals surface area contributed by atoms with Gasteiger partial charge in [0.05, 0.1) is 15.6 Å². The molecule has 0 aliphatic rings. The number of carbonyl (C=O) groups is 1. The van der Waals surface area contributed by atoms with Crippen molar-refractivity contribution in [3.63, 3.8) is 0 Å². The van der Waals surface area contributed by atoms with E-state index in [1.54, 1.807) is 0 Å². The van der Waals surface area contributed by atoms with E-state index in [2.05, 4.69) is 17.6 Å². The van der Waals surface area contributed by atoms with E-state index < -0.39 is 0 Å². The summed E-state index contributed by atoms with van der Waals surface area (Å²) in [5.41, 5.74) is 0.792. The summed E-state index contributed by atoms with van der Waals surface area (Å²) in [5.74, 6) is 0.540. The van der Waals surface area contributed by atoms with Gasteiger partial charge in [-0.05, 0) is 6.92 Å². The fourth-order valence-corrected chi connectivity index (χ4v) is 1.80. The number of thiol groups is 1. The van der Waals surface area contributed by atoms with Gasteiger partial charge in [0, 0.05) is 5.75 Å². The molecule has 0 radical (unpaired) electrons. The summed E-state index contributed by atoms with van der Waals surface area (Å²) in [5, 5.41) is 0.922. The average molecular weight is 173 g/mol.